The summed E-state index contributed by atoms with van der Waals surface area (Å²) in [5.41, 5.74) is 5.14. The second-order valence-electron chi connectivity index (χ2n) is 9.83. The fraction of sp³-hybridized carbons (Fsp3) is 0.909. The predicted molar refractivity (Wildman–Crippen MR) is 110 cm³/mol. The molecule has 1 heterocycles. The number of hydrogen-bond acceptors (Lipinski definition) is 5. The Bertz CT molecular complexity index is 525. The van der Waals surface area contributed by atoms with E-state index in [9.17, 15) is 9.59 Å². The maximum Gasteiger partial charge on any atom is 0.410 e. The molecule has 0 aromatic rings. The smallest absolute Gasteiger partial charge is 0.410 e. The van der Waals surface area contributed by atoms with Crippen LogP contribution in [0.1, 0.15) is 85.0 Å². The van der Waals surface area contributed by atoms with Gasteiger partial charge in [0.2, 0.25) is 0 Å². The number of carbonyl (C=O) groups is 2. The Morgan fingerprint density at radius 1 is 1.04 bits per heavy atom. The molecule has 2 aliphatic rings. The Kier molecular flexibility index (Phi) is 8.17. The number of hydrogen-bond donors (Lipinski definition) is 1. The lowest BCUT2D eigenvalue weighted by atomic mass is 9.77. The Balaban J connectivity index is 1.96. The number of nitrogens with zero attached hydrogens (tertiary/aromatic N) is 1. The molecule has 2 N–H and O–H groups in total. The first kappa shape index (κ1) is 23.0. The van der Waals surface area contributed by atoms with Crippen molar-refractivity contribution in [1.29, 1.82) is 0 Å². The van der Waals surface area contributed by atoms with Crippen molar-refractivity contribution in [3.63, 3.8) is 0 Å². The van der Waals surface area contributed by atoms with Crippen LogP contribution in [-0.2, 0) is 14.3 Å². The van der Waals surface area contributed by atoms with E-state index < -0.39 is 11.1 Å². The number of piperidine rings is 1. The summed E-state index contributed by atoms with van der Waals surface area (Å²) in [6, 6.07) is 0. The standard InChI is InChI=1S/C22H40N2O4/c1-21(2,3)28-20(26)24-14-8-11-18(16-24)15-22(23,19(25)27-4)13-12-17-9-6-5-7-10-17/h17-18H,5-16,23H2,1-4H3. The number of methoxy groups -OCH3 is 1. The monoisotopic (exact) mass is 396 g/mol. The van der Waals surface area contributed by atoms with E-state index in [0.717, 1.165) is 19.3 Å². The van der Waals surface area contributed by atoms with Gasteiger partial charge in [0, 0.05) is 13.1 Å². The van der Waals surface area contributed by atoms with Crippen molar-refractivity contribution in [1.82, 2.24) is 4.90 Å². The van der Waals surface area contributed by atoms with E-state index in [1.165, 1.54) is 39.2 Å². The van der Waals surface area contributed by atoms with E-state index in [2.05, 4.69) is 0 Å². The number of esters is 1. The first-order valence-corrected chi connectivity index (χ1v) is 11.0. The van der Waals surface area contributed by atoms with Crippen LogP contribution < -0.4 is 5.73 Å². The third kappa shape index (κ3) is 6.94. The van der Waals surface area contributed by atoms with Crippen molar-refractivity contribution < 1.29 is 19.1 Å². The minimum Gasteiger partial charge on any atom is -0.468 e. The Morgan fingerprint density at radius 3 is 2.29 bits per heavy atom. The topological polar surface area (TPSA) is 81.9 Å². The molecule has 1 aliphatic heterocycles. The molecule has 6 heteroatoms. The van der Waals surface area contributed by atoms with Gasteiger partial charge in [-0.25, -0.2) is 4.79 Å². The van der Waals surface area contributed by atoms with Crippen LogP contribution in [0, 0.1) is 11.8 Å². The zero-order valence-corrected chi connectivity index (χ0v) is 18.3. The molecule has 1 amide bonds. The van der Waals surface area contributed by atoms with Crippen LogP contribution in [0.15, 0.2) is 0 Å². The van der Waals surface area contributed by atoms with E-state index in [-0.39, 0.29) is 18.0 Å². The van der Waals surface area contributed by atoms with Gasteiger partial charge in [0.15, 0.2) is 0 Å². The van der Waals surface area contributed by atoms with Gasteiger partial charge in [-0.3, -0.25) is 4.79 Å². The van der Waals surface area contributed by atoms with E-state index in [0.29, 0.717) is 31.8 Å². The van der Waals surface area contributed by atoms with Gasteiger partial charge in [0.25, 0.3) is 0 Å². The molecular formula is C22H40N2O4. The maximum absolute atomic E-state index is 12.5. The minimum atomic E-state index is -0.964. The number of nitrogens with two attached hydrogens (primary N) is 1. The summed E-state index contributed by atoms with van der Waals surface area (Å²) in [6.07, 6.45) is 10.2. The van der Waals surface area contributed by atoms with Gasteiger partial charge in [0.05, 0.1) is 7.11 Å². The molecule has 2 unspecified atom stereocenters. The van der Waals surface area contributed by atoms with Crippen molar-refractivity contribution in [2.75, 3.05) is 20.2 Å². The summed E-state index contributed by atoms with van der Waals surface area (Å²) in [7, 11) is 1.42. The number of likely N-dealkylation sites (tertiary alicyclic amines) is 1. The molecule has 2 atom stereocenters. The number of ether oxygens (including phenoxy) is 2. The molecule has 0 aromatic heterocycles. The second-order valence-corrected chi connectivity index (χ2v) is 9.83. The molecule has 2 fully saturated rings. The minimum absolute atomic E-state index is 0.191. The summed E-state index contributed by atoms with van der Waals surface area (Å²) < 4.78 is 10.6. The van der Waals surface area contributed by atoms with Crippen LogP contribution in [0.3, 0.4) is 0 Å². The average Bonchev–Trinajstić information content (AvgIpc) is 2.65. The van der Waals surface area contributed by atoms with E-state index in [1.807, 2.05) is 20.8 Å². The lowest BCUT2D eigenvalue weighted by molar-refractivity contribution is -0.148. The molecule has 0 aromatic carbocycles. The van der Waals surface area contributed by atoms with Gasteiger partial charge in [-0.05, 0) is 64.7 Å². The summed E-state index contributed by atoms with van der Waals surface area (Å²) >= 11 is 0. The molecule has 0 spiro atoms. The largest absolute Gasteiger partial charge is 0.468 e. The summed E-state index contributed by atoms with van der Waals surface area (Å²) in [5.74, 6) is 0.542. The van der Waals surface area contributed by atoms with E-state index >= 15 is 0 Å². The Morgan fingerprint density at radius 2 is 1.68 bits per heavy atom. The van der Waals surface area contributed by atoms with Crippen LogP contribution in [0.25, 0.3) is 0 Å². The molecule has 1 saturated heterocycles. The van der Waals surface area contributed by atoms with E-state index in [4.69, 9.17) is 15.2 Å². The first-order chi connectivity index (χ1) is 13.1. The quantitative estimate of drug-likeness (QED) is 0.679. The lowest BCUT2D eigenvalue weighted by Crippen LogP contribution is -2.52. The van der Waals surface area contributed by atoms with E-state index in [1.54, 1.807) is 4.90 Å². The van der Waals surface area contributed by atoms with Crippen molar-refractivity contribution in [3.8, 4) is 0 Å². The lowest BCUT2D eigenvalue weighted by Gasteiger charge is -2.38. The highest BCUT2D eigenvalue weighted by Gasteiger charge is 2.40. The molecule has 162 valence electrons. The van der Waals surface area contributed by atoms with Crippen molar-refractivity contribution in [2.24, 2.45) is 17.6 Å². The predicted octanol–water partition coefficient (Wildman–Crippen LogP) is 4.25. The van der Waals surface area contributed by atoms with Crippen molar-refractivity contribution in [3.05, 3.63) is 0 Å². The van der Waals surface area contributed by atoms with Gasteiger partial charge in [-0.1, -0.05) is 32.1 Å². The molecule has 0 radical (unpaired) electrons. The van der Waals surface area contributed by atoms with Crippen LogP contribution in [-0.4, -0.2) is 48.3 Å². The molecule has 1 saturated carbocycles. The highest BCUT2D eigenvalue weighted by atomic mass is 16.6. The normalized spacial score (nSPS) is 23.8. The second kappa shape index (κ2) is 9.95. The number of carbonyl (C=O) groups excluding carboxylic acids is 2. The van der Waals surface area contributed by atoms with Gasteiger partial charge in [-0.15, -0.1) is 0 Å². The highest BCUT2D eigenvalue weighted by Crippen LogP contribution is 2.33. The number of amides is 1. The zero-order chi connectivity index (χ0) is 20.8. The molecule has 2 rings (SSSR count). The van der Waals surface area contributed by atoms with Gasteiger partial charge in [0.1, 0.15) is 11.1 Å². The molecule has 1 aliphatic carbocycles. The molecule has 0 bridgehead atoms. The maximum atomic E-state index is 12.5. The van der Waals surface area contributed by atoms with Crippen LogP contribution >= 0.6 is 0 Å². The fourth-order valence-electron chi connectivity index (χ4n) is 4.67. The number of rotatable bonds is 6. The SMILES string of the molecule is COC(=O)C(N)(CCC1CCCCC1)CC1CCCN(C(=O)OC(C)(C)C)C1. The third-order valence-electron chi connectivity index (χ3n) is 6.14. The molecule has 6 nitrogen and oxygen atoms in total. The van der Waals surface area contributed by atoms with Gasteiger partial charge >= 0.3 is 12.1 Å². The fourth-order valence-corrected chi connectivity index (χ4v) is 4.67. The summed E-state index contributed by atoms with van der Waals surface area (Å²) in [5, 5.41) is 0. The first-order valence-electron chi connectivity index (χ1n) is 11.0. The molecule has 28 heavy (non-hydrogen) atoms. The van der Waals surface area contributed by atoms with Crippen molar-refractivity contribution in [2.45, 2.75) is 96.1 Å². The highest BCUT2D eigenvalue weighted by molar-refractivity contribution is 5.80. The van der Waals surface area contributed by atoms with Crippen LogP contribution in [0.2, 0.25) is 0 Å². The van der Waals surface area contributed by atoms with Crippen LogP contribution in [0.4, 0.5) is 4.79 Å². The molecular weight excluding hydrogens is 356 g/mol. The van der Waals surface area contributed by atoms with Crippen LogP contribution in [0.5, 0.6) is 0 Å². The average molecular weight is 397 g/mol. The zero-order valence-electron chi connectivity index (χ0n) is 18.3. The Hall–Kier alpha value is -1.30. The third-order valence-corrected chi connectivity index (χ3v) is 6.14. The van der Waals surface area contributed by atoms with Gasteiger partial charge in [-0.2, -0.15) is 0 Å². The Labute approximate surface area is 170 Å². The van der Waals surface area contributed by atoms with Crippen molar-refractivity contribution >= 4 is 12.1 Å². The summed E-state index contributed by atoms with van der Waals surface area (Å²) in [4.78, 5) is 26.7. The summed E-state index contributed by atoms with van der Waals surface area (Å²) in [6.45, 7) is 6.91. The van der Waals surface area contributed by atoms with Gasteiger partial charge < -0.3 is 20.1 Å².